The molecule has 0 radical (unpaired) electrons. The number of benzene rings is 3. The van der Waals surface area contributed by atoms with Crippen molar-refractivity contribution in [2.75, 3.05) is 14.2 Å². The Kier molecular flexibility index (Phi) is 10.7. The average Bonchev–Trinajstić information content (AvgIpc) is 2.92. The van der Waals surface area contributed by atoms with Gasteiger partial charge in [-0.15, -0.1) is 0 Å². The summed E-state index contributed by atoms with van der Waals surface area (Å²) >= 11 is 5.01. The van der Waals surface area contributed by atoms with Crippen LogP contribution in [0.1, 0.15) is 25.0 Å². The molecule has 37 heavy (non-hydrogen) atoms. The number of ether oxygens (including phenoxy) is 3. The molecule has 3 rings (SSSR count). The van der Waals surface area contributed by atoms with E-state index in [1.807, 2.05) is 85.1 Å². The quantitative estimate of drug-likeness (QED) is 0.145. The number of thioether (sulfide) groups is 1. The summed E-state index contributed by atoms with van der Waals surface area (Å²) in [6, 6.07) is 25.2. The molecule has 194 valence electrons. The lowest BCUT2D eigenvalue weighted by atomic mass is 10.1. The molecule has 3 aromatic carbocycles. The van der Waals surface area contributed by atoms with Crippen LogP contribution in [-0.4, -0.2) is 41.9 Å². The second kappa shape index (κ2) is 13.9. The predicted molar refractivity (Wildman–Crippen MR) is 151 cm³/mol. The van der Waals surface area contributed by atoms with Crippen molar-refractivity contribution in [3.8, 4) is 11.5 Å². The third-order valence-corrected chi connectivity index (χ3v) is 7.60. The van der Waals surface area contributed by atoms with E-state index >= 15 is 0 Å². The maximum Gasteiger partial charge on any atom is 0.302 e. The van der Waals surface area contributed by atoms with Gasteiger partial charge in [-0.3, -0.25) is 9.59 Å². The molecule has 1 amide bonds. The number of hydrogen-bond donors (Lipinski definition) is 0. The normalized spacial score (nSPS) is 12.8. The molecule has 0 aliphatic rings. The highest BCUT2D eigenvalue weighted by molar-refractivity contribution is 9.10. The molecule has 3 aromatic rings. The van der Waals surface area contributed by atoms with Crippen molar-refractivity contribution >= 4 is 44.5 Å². The van der Waals surface area contributed by atoms with Crippen molar-refractivity contribution in [1.82, 2.24) is 4.90 Å². The Morgan fingerprint density at radius 3 is 2.24 bits per heavy atom. The second-order valence-electron chi connectivity index (χ2n) is 8.17. The number of rotatable bonds is 11. The van der Waals surface area contributed by atoms with E-state index in [-0.39, 0.29) is 5.91 Å². The van der Waals surface area contributed by atoms with Crippen molar-refractivity contribution in [3.05, 3.63) is 96.2 Å². The Morgan fingerprint density at radius 2 is 1.62 bits per heavy atom. The smallest absolute Gasteiger partial charge is 0.302 e. The summed E-state index contributed by atoms with van der Waals surface area (Å²) in [5.41, 5.74) is 1.82. The van der Waals surface area contributed by atoms with E-state index in [1.165, 1.54) is 6.92 Å². The molecule has 0 spiro atoms. The first kappa shape index (κ1) is 28.3. The second-order valence-corrected chi connectivity index (χ2v) is 10.3. The number of nitrogens with zero attached hydrogens (tertiary/aromatic N) is 1. The van der Waals surface area contributed by atoms with Gasteiger partial charge in [-0.25, -0.2) is 0 Å². The van der Waals surface area contributed by atoms with Gasteiger partial charge < -0.3 is 19.1 Å². The van der Waals surface area contributed by atoms with Crippen molar-refractivity contribution in [2.45, 2.75) is 36.2 Å². The lowest BCUT2D eigenvalue weighted by molar-refractivity contribution is -0.147. The van der Waals surface area contributed by atoms with Crippen LogP contribution in [0.4, 0.5) is 0 Å². The molecule has 0 fully saturated rings. The van der Waals surface area contributed by atoms with Crippen LogP contribution in [0, 0.1) is 0 Å². The number of amides is 1. The summed E-state index contributed by atoms with van der Waals surface area (Å²) in [6.45, 7) is 3.32. The maximum absolute atomic E-state index is 13.7. The first-order valence-electron chi connectivity index (χ1n) is 11.6. The summed E-state index contributed by atoms with van der Waals surface area (Å²) in [6.07, 6.45) is 1.19. The standard InChI is InChI=1S/C29H30BrNO5S/c1-20(36-21(2)32)28(30)29(33)31(18-22-13-15-24(34-3)16-14-22)19-27(37-26-11-6-5-7-12-26)23-9-8-10-25(17-23)35-4/h5-17,19-20,28H,18H2,1-4H3/b27-19-/t20-,28+/m0/s1. The Morgan fingerprint density at radius 1 is 0.946 bits per heavy atom. The van der Waals surface area contributed by atoms with E-state index in [9.17, 15) is 9.59 Å². The van der Waals surface area contributed by atoms with Gasteiger partial charge in [0.2, 0.25) is 5.91 Å². The Balaban J connectivity index is 2.05. The molecular weight excluding hydrogens is 554 g/mol. The number of esters is 1. The van der Waals surface area contributed by atoms with Gasteiger partial charge in [0.15, 0.2) is 0 Å². The van der Waals surface area contributed by atoms with Crippen molar-refractivity contribution in [3.63, 3.8) is 0 Å². The van der Waals surface area contributed by atoms with Gasteiger partial charge in [0.1, 0.15) is 22.4 Å². The zero-order valence-electron chi connectivity index (χ0n) is 21.2. The Hall–Kier alpha value is -3.23. The third-order valence-electron chi connectivity index (χ3n) is 5.39. The van der Waals surface area contributed by atoms with Crippen LogP contribution in [-0.2, 0) is 20.9 Å². The van der Waals surface area contributed by atoms with Gasteiger partial charge in [0.25, 0.3) is 0 Å². The summed E-state index contributed by atoms with van der Waals surface area (Å²) in [5, 5.41) is 0. The van der Waals surface area contributed by atoms with Crippen molar-refractivity contribution < 1.29 is 23.8 Å². The highest BCUT2D eigenvalue weighted by Gasteiger charge is 2.29. The van der Waals surface area contributed by atoms with Crippen molar-refractivity contribution in [1.29, 1.82) is 0 Å². The largest absolute Gasteiger partial charge is 0.497 e. The average molecular weight is 585 g/mol. The fourth-order valence-corrected chi connectivity index (χ4v) is 4.83. The topological polar surface area (TPSA) is 65.1 Å². The minimum Gasteiger partial charge on any atom is -0.497 e. The molecule has 0 aliphatic carbocycles. The van der Waals surface area contributed by atoms with Crippen LogP contribution in [0.15, 0.2) is 90.0 Å². The number of halogens is 1. The number of carbonyl (C=O) groups is 2. The van der Waals surface area contributed by atoms with Gasteiger partial charge >= 0.3 is 5.97 Å². The fraction of sp³-hybridized carbons (Fsp3) is 0.241. The number of alkyl halides is 1. The van der Waals surface area contributed by atoms with Crippen LogP contribution in [0.5, 0.6) is 11.5 Å². The first-order valence-corrected chi connectivity index (χ1v) is 13.4. The minimum atomic E-state index is -0.737. The molecule has 0 aliphatic heterocycles. The van der Waals surface area contributed by atoms with Crippen LogP contribution < -0.4 is 9.47 Å². The lowest BCUT2D eigenvalue weighted by Crippen LogP contribution is -2.39. The van der Waals surface area contributed by atoms with Gasteiger partial charge in [-0.05, 0) is 54.4 Å². The van der Waals surface area contributed by atoms with Crippen LogP contribution in [0.3, 0.4) is 0 Å². The summed E-state index contributed by atoms with van der Waals surface area (Å²) in [7, 11) is 3.23. The zero-order valence-corrected chi connectivity index (χ0v) is 23.6. The van der Waals surface area contributed by atoms with Crippen molar-refractivity contribution in [2.24, 2.45) is 0 Å². The molecule has 0 aromatic heterocycles. The molecule has 0 N–H and O–H groups in total. The van der Waals surface area contributed by atoms with Gasteiger partial charge in [-0.2, -0.15) is 0 Å². The van der Waals surface area contributed by atoms with E-state index in [4.69, 9.17) is 14.2 Å². The zero-order chi connectivity index (χ0) is 26.8. The van der Waals surface area contributed by atoms with E-state index < -0.39 is 16.9 Å². The summed E-state index contributed by atoms with van der Waals surface area (Å²) < 4.78 is 16.0. The number of hydrogen-bond acceptors (Lipinski definition) is 6. The molecule has 0 saturated heterocycles. The number of methoxy groups -OCH3 is 2. The van der Waals surface area contributed by atoms with Gasteiger partial charge in [0.05, 0.1) is 20.8 Å². The molecule has 0 bridgehead atoms. The lowest BCUT2D eigenvalue weighted by Gasteiger charge is -2.26. The molecule has 0 unspecified atom stereocenters. The third kappa shape index (κ3) is 8.40. The van der Waals surface area contributed by atoms with E-state index in [1.54, 1.807) is 37.8 Å². The minimum absolute atomic E-state index is 0.237. The Bertz CT molecular complexity index is 1220. The van der Waals surface area contributed by atoms with E-state index in [2.05, 4.69) is 15.9 Å². The van der Waals surface area contributed by atoms with Crippen LogP contribution in [0.25, 0.3) is 4.91 Å². The highest BCUT2D eigenvalue weighted by Crippen LogP contribution is 2.36. The van der Waals surface area contributed by atoms with Gasteiger partial charge in [-0.1, -0.05) is 70.2 Å². The summed E-state index contributed by atoms with van der Waals surface area (Å²) in [4.78, 5) is 28.0. The highest BCUT2D eigenvalue weighted by atomic mass is 79.9. The van der Waals surface area contributed by atoms with E-state index in [0.717, 1.165) is 26.7 Å². The number of carbonyl (C=O) groups excluding carboxylic acids is 2. The molecule has 0 heterocycles. The monoisotopic (exact) mass is 583 g/mol. The maximum atomic E-state index is 13.7. The molecule has 8 heteroatoms. The summed E-state index contributed by atoms with van der Waals surface area (Å²) in [5.74, 6) is 0.764. The Labute approximate surface area is 230 Å². The molecule has 6 nitrogen and oxygen atoms in total. The molecule has 2 atom stereocenters. The van der Waals surface area contributed by atoms with Crippen LogP contribution >= 0.6 is 27.7 Å². The SMILES string of the molecule is COc1ccc(CN(/C=C(\Sc2ccccc2)c2cccc(OC)c2)C(=O)[C@H](Br)[C@H](C)OC(C)=O)cc1. The van der Waals surface area contributed by atoms with Crippen LogP contribution in [0.2, 0.25) is 0 Å². The predicted octanol–water partition coefficient (Wildman–Crippen LogP) is 6.54. The van der Waals surface area contributed by atoms with E-state index in [0.29, 0.717) is 12.3 Å². The van der Waals surface area contributed by atoms with Gasteiger partial charge in [0, 0.05) is 22.9 Å². The fourth-order valence-electron chi connectivity index (χ4n) is 3.49. The molecular formula is C29H30BrNO5S. The molecule has 0 saturated carbocycles. The first-order chi connectivity index (χ1) is 17.8.